The Kier molecular flexibility index (Phi) is 9.25. The van der Waals surface area contributed by atoms with Crippen LogP contribution >= 0.6 is 24.0 Å². The number of nitrogens with zero attached hydrogens (tertiary/aromatic N) is 3. The highest BCUT2D eigenvalue weighted by Crippen LogP contribution is 2.10. The van der Waals surface area contributed by atoms with Crippen LogP contribution in [0.5, 0.6) is 5.88 Å². The summed E-state index contributed by atoms with van der Waals surface area (Å²) in [6.45, 7) is 10.2. The van der Waals surface area contributed by atoms with Gasteiger partial charge in [0.1, 0.15) is 5.76 Å². The Morgan fingerprint density at radius 2 is 2.08 bits per heavy atom. The molecule has 138 valence electrons. The molecule has 0 bridgehead atoms. The minimum atomic E-state index is 0. The fraction of sp³-hybridized carbons (Fsp3) is 0.471. The van der Waals surface area contributed by atoms with Crippen molar-refractivity contribution >= 4 is 29.9 Å². The third kappa shape index (κ3) is 6.89. The Labute approximate surface area is 165 Å². The number of nitrogens with one attached hydrogen (secondary N) is 2. The molecule has 0 amide bonds. The SMILES string of the molecule is CCNC(=NCc1ccnc(OCC)c1)NCc1nc(C)c(C)o1.I. The number of hydrogen-bond acceptors (Lipinski definition) is 5. The molecule has 2 aromatic heterocycles. The molecule has 0 saturated heterocycles. The summed E-state index contributed by atoms with van der Waals surface area (Å²) in [5.74, 6) is 2.82. The zero-order chi connectivity index (χ0) is 17.4. The van der Waals surface area contributed by atoms with Gasteiger partial charge in [0.15, 0.2) is 5.96 Å². The summed E-state index contributed by atoms with van der Waals surface area (Å²) in [6.07, 6.45) is 1.73. The van der Waals surface area contributed by atoms with Gasteiger partial charge >= 0.3 is 0 Å². The van der Waals surface area contributed by atoms with E-state index in [1.54, 1.807) is 6.20 Å². The molecular formula is C17H26IN5O2. The molecule has 8 heteroatoms. The molecule has 2 rings (SSSR count). The van der Waals surface area contributed by atoms with Gasteiger partial charge in [-0.2, -0.15) is 0 Å². The lowest BCUT2D eigenvalue weighted by molar-refractivity contribution is 0.326. The number of rotatable bonds is 7. The molecule has 0 radical (unpaired) electrons. The third-order valence-electron chi connectivity index (χ3n) is 3.34. The Hall–Kier alpha value is -1.84. The molecule has 0 aliphatic carbocycles. The van der Waals surface area contributed by atoms with Gasteiger partial charge in [-0.15, -0.1) is 24.0 Å². The minimum Gasteiger partial charge on any atom is -0.478 e. The van der Waals surface area contributed by atoms with Crippen molar-refractivity contribution in [3.05, 3.63) is 41.2 Å². The number of oxazole rings is 1. The molecule has 0 saturated carbocycles. The van der Waals surface area contributed by atoms with Crippen molar-refractivity contribution < 1.29 is 9.15 Å². The molecule has 0 unspecified atom stereocenters. The fourth-order valence-electron chi connectivity index (χ4n) is 2.06. The van der Waals surface area contributed by atoms with E-state index in [1.807, 2.05) is 39.8 Å². The molecule has 2 aromatic rings. The average molecular weight is 459 g/mol. The van der Waals surface area contributed by atoms with Crippen LogP contribution in [0.1, 0.15) is 36.8 Å². The molecule has 0 atom stereocenters. The van der Waals surface area contributed by atoms with Crippen LogP contribution in [-0.2, 0) is 13.1 Å². The van der Waals surface area contributed by atoms with E-state index in [1.165, 1.54) is 0 Å². The normalized spacial score (nSPS) is 11.0. The van der Waals surface area contributed by atoms with Gasteiger partial charge in [-0.1, -0.05) is 0 Å². The summed E-state index contributed by atoms with van der Waals surface area (Å²) in [5, 5.41) is 6.43. The second kappa shape index (κ2) is 10.9. The van der Waals surface area contributed by atoms with Crippen LogP contribution < -0.4 is 15.4 Å². The van der Waals surface area contributed by atoms with E-state index in [0.717, 1.165) is 23.6 Å². The van der Waals surface area contributed by atoms with Gasteiger partial charge < -0.3 is 19.8 Å². The van der Waals surface area contributed by atoms with Gasteiger partial charge in [0.25, 0.3) is 0 Å². The van der Waals surface area contributed by atoms with E-state index in [0.29, 0.717) is 37.4 Å². The van der Waals surface area contributed by atoms with Crippen LogP contribution in [0.2, 0.25) is 0 Å². The molecule has 2 heterocycles. The van der Waals surface area contributed by atoms with Crippen LogP contribution in [0, 0.1) is 13.8 Å². The summed E-state index contributed by atoms with van der Waals surface area (Å²) < 4.78 is 11.0. The average Bonchev–Trinajstić information content (AvgIpc) is 2.89. The maximum atomic E-state index is 5.57. The highest BCUT2D eigenvalue weighted by molar-refractivity contribution is 14.0. The van der Waals surface area contributed by atoms with Gasteiger partial charge in [-0.05, 0) is 39.3 Å². The maximum absolute atomic E-state index is 5.57. The van der Waals surface area contributed by atoms with E-state index in [9.17, 15) is 0 Å². The molecule has 2 N–H and O–H groups in total. The van der Waals surface area contributed by atoms with E-state index >= 15 is 0 Å². The second-order valence-corrected chi connectivity index (χ2v) is 5.23. The van der Waals surface area contributed by atoms with Gasteiger partial charge in [-0.3, -0.25) is 0 Å². The van der Waals surface area contributed by atoms with Crippen molar-refractivity contribution in [1.82, 2.24) is 20.6 Å². The smallest absolute Gasteiger partial charge is 0.214 e. The Morgan fingerprint density at radius 3 is 2.72 bits per heavy atom. The lowest BCUT2D eigenvalue weighted by Gasteiger charge is -2.10. The molecule has 0 fully saturated rings. The molecule has 0 aliphatic heterocycles. The van der Waals surface area contributed by atoms with Gasteiger partial charge in [-0.25, -0.2) is 15.0 Å². The number of pyridine rings is 1. The van der Waals surface area contributed by atoms with E-state index in [2.05, 4.69) is 25.6 Å². The van der Waals surface area contributed by atoms with Crippen molar-refractivity contribution in [3.8, 4) is 5.88 Å². The van der Waals surface area contributed by atoms with Crippen molar-refractivity contribution in [1.29, 1.82) is 0 Å². The summed E-state index contributed by atoms with van der Waals surface area (Å²) in [7, 11) is 0. The number of hydrogen-bond donors (Lipinski definition) is 2. The first kappa shape index (κ1) is 21.2. The lowest BCUT2D eigenvalue weighted by atomic mass is 10.3. The number of aromatic nitrogens is 2. The zero-order valence-corrected chi connectivity index (χ0v) is 17.5. The summed E-state index contributed by atoms with van der Waals surface area (Å²) in [4.78, 5) is 13.1. The monoisotopic (exact) mass is 459 g/mol. The molecule has 0 spiro atoms. The third-order valence-corrected chi connectivity index (χ3v) is 3.34. The van der Waals surface area contributed by atoms with Crippen molar-refractivity contribution in [2.75, 3.05) is 13.2 Å². The Bertz CT molecular complexity index is 668. The summed E-state index contributed by atoms with van der Waals surface area (Å²) in [5.41, 5.74) is 1.95. The van der Waals surface area contributed by atoms with Crippen LogP contribution in [-0.4, -0.2) is 29.1 Å². The first-order valence-corrected chi connectivity index (χ1v) is 8.15. The van der Waals surface area contributed by atoms with Crippen LogP contribution in [0.4, 0.5) is 0 Å². The second-order valence-electron chi connectivity index (χ2n) is 5.23. The summed E-state index contributed by atoms with van der Waals surface area (Å²) >= 11 is 0. The van der Waals surface area contributed by atoms with Crippen molar-refractivity contribution in [2.24, 2.45) is 4.99 Å². The van der Waals surface area contributed by atoms with Crippen molar-refractivity contribution in [3.63, 3.8) is 0 Å². The van der Waals surface area contributed by atoms with Gasteiger partial charge in [0.2, 0.25) is 11.8 Å². The number of aliphatic imine (C=N–C) groups is 1. The number of ether oxygens (including phenoxy) is 1. The van der Waals surface area contributed by atoms with Crippen LogP contribution in [0.25, 0.3) is 0 Å². The van der Waals surface area contributed by atoms with E-state index in [4.69, 9.17) is 9.15 Å². The quantitative estimate of drug-likeness (QED) is 0.376. The maximum Gasteiger partial charge on any atom is 0.214 e. The lowest BCUT2D eigenvalue weighted by Crippen LogP contribution is -2.36. The highest BCUT2D eigenvalue weighted by atomic mass is 127. The van der Waals surface area contributed by atoms with Crippen LogP contribution in [0.15, 0.2) is 27.7 Å². The minimum absolute atomic E-state index is 0. The van der Waals surface area contributed by atoms with Gasteiger partial charge in [0, 0.05) is 18.8 Å². The zero-order valence-electron chi connectivity index (χ0n) is 15.1. The van der Waals surface area contributed by atoms with E-state index in [-0.39, 0.29) is 24.0 Å². The Morgan fingerprint density at radius 1 is 1.28 bits per heavy atom. The molecule has 0 aliphatic rings. The number of aryl methyl sites for hydroxylation is 2. The van der Waals surface area contributed by atoms with E-state index < -0.39 is 0 Å². The summed E-state index contributed by atoms with van der Waals surface area (Å²) in [6, 6.07) is 3.83. The topological polar surface area (TPSA) is 84.6 Å². The molecule has 7 nitrogen and oxygen atoms in total. The number of halogens is 1. The Balaban J connectivity index is 0.00000312. The predicted octanol–water partition coefficient (Wildman–Crippen LogP) is 2.96. The number of guanidine groups is 1. The molecular weight excluding hydrogens is 433 g/mol. The molecule has 25 heavy (non-hydrogen) atoms. The first-order valence-electron chi connectivity index (χ1n) is 8.15. The fourth-order valence-corrected chi connectivity index (χ4v) is 2.06. The highest BCUT2D eigenvalue weighted by Gasteiger charge is 2.06. The van der Waals surface area contributed by atoms with Crippen molar-refractivity contribution in [2.45, 2.75) is 40.8 Å². The first-order chi connectivity index (χ1) is 11.6. The standard InChI is InChI=1S/C17H25N5O2.HI/c1-5-18-17(21-11-16-22-12(3)13(4)24-16)20-10-14-7-8-19-15(9-14)23-6-2;/h7-9H,5-6,10-11H2,1-4H3,(H2,18,20,21);1H. The largest absolute Gasteiger partial charge is 0.478 e. The molecule has 0 aromatic carbocycles. The van der Waals surface area contributed by atoms with Crippen LogP contribution in [0.3, 0.4) is 0 Å². The predicted molar refractivity (Wildman–Crippen MR) is 108 cm³/mol. The van der Waals surface area contributed by atoms with Gasteiger partial charge in [0.05, 0.1) is 25.4 Å².